The Kier molecular flexibility index (Phi) is 6.13. The summed E-state index contributed by atoms with van der Waals surface area (Å²) in [5, 5.41) is 7.20. The summed E-state index contributed by atoms with van der Waals surface area (Å²) in [5.41, 5.74) is 3.80. The molecular formula is C24H18BrFN4O2. The Morgan fingerprint density at radius 2 is 1.75 bits per heavy atom. The number of benzene rings is 3. The molecule has 0 saturated heterocycles. The highest BCUT2D eigenvalue weighted by atomic mass is 79.9. The second-order valence-corrected chi connectivity index (χ2v) is 7.90. The van der Waals surface area contributed by atoms with Gasteiger partial charge in [0.1, 0.15) is 11.5 Å². The number of carbonyl (C=O) groups excluding carboxylic acids is 1. The van der Waals surface area contributed by atoms with E-state index in [2.05, 4.69) is 31.6 Å². The maximum absolute atomic E-state index is 14.7. The van der Waals surface area contributed by atoms with Gasteiger partial charge in [-0.15, -0.1) is 0 Å². The summed E-state index contributed by atoms with van der Waals surface area (Å²) in [7, 11) is 0. The Balaban J connectivity index is 1.82. The fourth-order valence-electron chi connectivity index (χ4n) is 3.29. The molecule has 4 rings (SSSR count). The number of nitrogens with zero attached hydrogens (tertiary/aromatic N) is 2. The highest BCUT2D eigenvalue weighted by molar-refractivity contribution is 9.10. The predicted octanol–water partition coefficient (Wildman–Crippen LogP) is 4.56. The van der Waals surface area contributed by atoms with Crippen LogP contribution in [0.5, 0.6) is 0 Å². The third-order valence-corrected chi connectivity index (χ3v) is 5.30. The minimum absolute atomic E-state index is 0.0277. The third-order valence-electron chi connectivity index (χ3n) is 4.81. The number of hydrazone groups is 1. The van der Waals surface area contributed by atoms with Crippen LogP contribution >= 0.6 is 15.9 Å². The van der Waals surface area contributed by atoms with Crippen molar-refractivity contribution in [2.45, 2.75) is 6.92 Å². The molecule has 1 amide bonds. The highest BCUT2D eigenvalue weighted by Crippen LogP contribution is 2.16. The second-order valence-electron chi connectivity index (χ2n) is 6.98. The van der Waals surface area contributed by atoms with Gasteiger partial charge in [-0.1, -0.05) is 52.3 Å². The van der Waals surface area contributed by atoms with Crippen molar-refractivity contribution in [1.82, 2.24) is 15.2 Å². The molecule has 0 saturated carbocycles. The van der Waals surface area contributed by atoms with E-state index in [1.807, 2.05) is 18.2 Å². The number of rotatable bonds is 5. The average Bonchev–Trinajstić information content (AvgIpc) is 3.09. The maximum atomic E-state index is 14.7. The Morgan fingerprint density at radius 1 is 1.03 bits per heavy atom. The van der Waals surface area contributed by atoms with Crippen LogP contribution in [0.2, 0.25) is 0 Å². The first-order chi connectivity index (χ1) is 15.5. The lowest BCUT2D eigenvalue weighted by Crippen LogP contribution is -2.26. The number of nitrogens with one attached hydrogen (secondary N) is 2. The van der Waals surface area contributed by atoms with Crippen molar-refractivity contribution in [2.75, 3.05) is 0 Å². The van der Waals surface area contributed by atoms with E-state index in [-0.39, 0.29) is 16.8 Å². The number of hydrogen-bond donors (Lipinski definition) is 2. The second kappa shape index (κ2) is 9.15. The smallest absolute Gasteiger partial charge is 0.281 e. The first-order valence-corrected chi connectivity index (χ1v) is 10.5. The molecule has 0 radical (unpaired) electrons. The summed E-state index contributed by atoms with van der Waals surface area (Å²) in [6.45, 7) is 1.70. The zero-order valence-corrected chi connectivity index (χ0v) is 18.6. The van der Waals surface area contributed by atoms with E-state index in [4.69, 9.17) is 0 Å². The lowest BCUT2D eigenvalue weighted by atomic mass is 10.0. The normalized spacial score (nSPS) is 11.4. The van der Waals surface area contributed by atoms with Gasteiger partial charge in [-0.05, 0) is 49.4 Å². The number of amides is 1. The van der Waals surface area contributed by atoms with Crippen LogP contribution in [0.3, 0.4) is 0 Å². The van der Waals surface area contributed by atoms with Crippen LogP contribution in [0.15, 0.2) is 93.2 Å². The highest BCUT2D eigenvalue weighted by Gasteiger charge is 2.22. The molecule has 32 heavy (non-hydrogen) atoms. The van der Waals surface area contributed by atoms with Crippen LogP contribution in [0.25, 0.3) is 5.69 Å². The van der Waals surface area contributed by atoms with E-state index in [1.165, 1.54) is 16.8 Å². The van der Waals surface area contributed by atoms with E-state index in [0.717, 1.165) is 4.47 Å². The van der Waals surface area contributed by atoms with E-state index < -0.39 is 17.3 Å². The van der Waals surface area contributed by atoms with Gasteiger partial charge < -0.3 is 0 Å². The zero-order valence-electron chi connectivity index (χ0n) is 17.0. The number of para-hydroxylation sites is 1. The molecule has 2 N–H and O–H groups in total. The van der Waals surface area contributed by atoms with Gasteiger partial charge in [0.25, 0.3) is 11.5 Å². The molecular weight excluding hydrogens is 475 g/mol. The number of aromatic amines is 1. The largest absolute Gasteiger partial charge is 0.295 e. The monoisotopic (exact) mass is 492 g/mol. The molecule has 8 heteroatoms. The molecule has 160 valence electrons. The third kappa shape index (κ3) is 4.31. The number of carbonyl (C=O) groups is 1. The number of hydrogen-bond acceptors (Lipinski definition) is 3. The van der Waals surface area contributed by atoms with Crippen molar-refractivity contribution in [3.8, 4) is 5.69 Å². The minimum atomic E-state index is -0.561. The molecule has 0 spiro atoms. The minimum Gasteiger partial charge on any atom is -0.295 e. The van der Waals surface area contributed by atoms with Crippen molar-refractivity contribution in [2.24, 2.45) is 5.10 Å². The number of aromatic nitrogens is 2. The van der Waals surface area contributed by atoms with Gasteiger partial charge in [0.2, 0.25) is 0 Å². The SMILES string of the molecule is Cc1[nH]n(-c2ccccc2)c(=O)c1C(=NNC(=O)c1cccc(Br)c1)c1ccccc1F. The molecule has 0 aliphatic heterocycles. The van der Waals surface area contributed by atoms with Crippen molar-refractivity contribution in [1.29, 1.82) is 0 Å². The summed E-state index contributed by atoms with van der Waals surface area (Å²) in [5.74, 6) is -1.05. The Bertz CT molecular complexity index is 1380. The van der Waals surface area contributed by atoms with Gasteiger partial charge >= 0.3 is 0 Å². The number of H-pyrrole nitrogens is 1. The molecule has 0 aliphatic carbocycles. The van der Waals surface area contributed by atoms with Crippen molar-refractivity contribution in [3.63, 3.8) is 0 Å². The lowest BCUT2D eigenvalue weighted by molar-refractivity contribution is 0.0955. The molecule has 6 nitrogen and oxygen atoms in total. The summed E-state index contributed by atoms with van der Waals surface area (Å²) < 4.78 is 16.8. The fourth-order valence-corrected chi connectivity index (χ4v) is 3.69. The van der Waals surface area contributed by atoms with Crippen LogP contribution in [-0.4, -0.2) is 21.4 Å². The van der Waals surface area contributed by atoms with Gasteiger partial charge in [0.15, 0.2) is 0 Å². The van der Waals surface area contributed by atoms with E-state index in [1.54, 1.807) is 55.5 Å². The average molecular weight is 493 g/mol. The molecule has 0 aliphatic rings. The van der Waals surface area contributed by atoms with Gasteiger partial charge in [-0.3, -0.25) is 14.7 Å². The van der Waals surface area contributed by atoms with Crippen LogP contribution in [-0.2, 0) is 0 Å². The van der Waals surface area contributed by atoms with E-state index in [0.29, 0.717) is 16.9 Å². The molecule has 0 unspecified atom stereocenters. The van der Waals surface area contributed by atoms with Gasteiger partial charge in [0, 0.05) is 21.3 Å². The predicted molar refractivity (Wildman–Crippen MR) is 125 cm³/mol. The van der Waals surface area contributed by atoms with Crippen LogP contribution in [0, 0.1) is 12.7 Å². The van der Waals surface area contributed by atoms with Crippen LogP contribution < -0.4 is 11.0 Å². The Morgan fingerprint density at radius 3 is 2.47 bits per heavy atom. The fraction of sp³-hybridized carbons (Fsp3) is 0.0417. The molecule has 0 bridgehead atoms. The molecule has 3 aromatic carbocycles. The first-order valence-electron chi connectivity index (χ1n) is 9.71. The molecule has 1 heterocycles. The topological polar surface area (TPSA) is 79.2 Å². The van der Waals surface area contributed by atoms with Crippen LogP contribution in [0.4, 0.5) is 4.39 Å². The van der Waals surface area contributed by atoms with Crippen molar-refractivity contribution >= 4 is 27.5 Å². The van der Waals surface area contributed by atoms with E-state index in [9.17, 15) is 14.0 Å². The van der Waals surface area contributed by atoms with E-state index >= 15 is 0 Å². The quantitative estimate of drug-likeness (QED) is 0.316. The number of aryl methyl sites for hydroxylation is 1. The molecule has 4 aromatic rings. The van der Waals surface area contributed by atoms with Gasteiger partial charge in [-0.25, -0.2) is 14.5 Å². The van der Waals surface area contributed by atoms with Gasteiger partial charge in [0.05, 0.1) is 11.3 Å². The molecule has 0 atom stereocenters. The zero-order chi connectivity index (χ0) is 22.7. The first kappa shape index (κ1) is 21.5. The summed E-state index contributed by atoms with van der Waals surface area (Å²) in [6, 6.07) is 21.8. The van der Waals surface area contributed by atoms with Crippen molar-refractivity contribution in [3.05, 3.63) is 122 Å². The Hall–Kier alpha value is -3.78. The van der Waals surface area contributed by atoms with Crippen LogP contribution in [0.1, 0.15) is 27.2 Å². The van der Waals surface area contributed by atoms with Gasteiger partial charge in [-0.2, -0.15) is 5.10 Å². The van der Waals surface area contributed by atoms with Crippen molar-refractivity contribution < 1.29 is 9.18 Å². The Labute approximate surface area is 191 Å². The molecule has 0 fully saturated rings. The summed E-state index contributed by atoms with van der Waals surface area (Å²) in [4.78, 5) is 25.9. The number of halogens is 2. The lowest BCUT2D eigenvalue weighted by Gasteiger charge is -2.08. The maximum Gasteiger partial charge on any atom is 0.281 e. The standard InChI is InChI=1S/C24H18BrFN4O2/c1-15-21(24(32)30(29-15)18-10-3-2-4-11-18)22(19-12-5-6-13-20(19)26)27-28-23(31)16-8-7-9-17(25)14-16/h2-14,29H,1H3,(H,28,31). The molecule has 1 aromatic heterocycles. The summed E-state index contributed by atoms with van der Waals surface area (Å²) in [6.07, 6.45) is 0. The summed E-state index contributed by atoms with van der Waals surface area (Å²) >= 11 is 3.32.